The molecule has 0 aliphatic carbocycles. The molecule has 1 aromatic carbocycles. The van der Waals surface area contributed by atoms with Gasteiger partial charge in [-0.15, -0.1) is 11.3 Å². The number of hydrogen-bond donors (Lipinski definition) is 1. The molecule has 0 saturated heterocycles. The van der Waals surface area contributed by atoms with Gasteiger partial charge in [-0.3, -0.25) is 4.79 Å². The summed E-state index contributed by atoms with van der Waals surface area (Å²) in [6.45, 7) is 0. The second-order valence-corrected chi connectivity index (χ2v) is 4.48. The van der Waals surface area contributed by atoms with Gasteiger partial charge in [0.2, 0.25) is 0 Å². The molecule has 0 atom stereocenters. The molecule has 18 heavy (non-hydrogen) atoms. The van der Waals surface area contributed by atoms with Crippen LogP contribution in [-0.4, -0.2) is 17.9 Å². The van der Waals surface area contributed by atoms with Crippen LogP contribution < -0.4 is 10.6 Å². The first-order valence-corrected chi connectivity index (χ1v) is 5.99. The van der Waals surface area contributed by atoms with E-state index in [0.717, 1.165) is 0 Å². The highest BCUT2D eigenvalue weighted by molar-refractivity contribution is 7.13. The Morgan fingerprint density at radius 1 is 1.44 bits per heavy atom. The molecule has 0 unspecified atom stereocenters. The average molecular weight is 258 g/mol. The van der Waals surface area contributed by atoms with Crippen molar-refractivity contribution >= 4 is 28.1 Å². The highest BCUT2D eigenvalue weighted by atomic mass is 32.1. The van der Waals surface area contributed by atoms with Gasteiger partial charge in [0.1, 0.15) is 5.69 Å². The van der Waals surface area contributed by atoms with Gasteiger partial charge in [0.15, 0.2) is 5.13 Å². The van der Waals surface area contributed by atoms with Crippen LogP contribution in [0, 0.1) is 11.3 Å². The SMILES string of the molecule is CN(C(=O)c1csc(N)n1)c1ccc(C#N)cc1. The van der Waals surface area contributed by atoms with Crippen molar-refractivity contribution in [1.29, 1.82) is 5.26 Å². The first-order valence-electron chi connectivity index (χ1n) is 5.11. The predicted molar refractivity (Wildman–Crippen MR) is 70.4 cm³/mol. The van der Waals surface area contributed by atoms with E-state index in [2.05, 4.69) is 4.98 Å². The Bertz CT molecular complexity index is 612. The zero-order valence-electron chi connectivity index (χ0n) is 9.62. The summed E-state index contributed by atoms with van der Waals surface area (Å²) in [5, 5.41) is 10.7. The third-order valence-corrected chi connectivity index (χ3v) is 3.10. The molecule has 2 aromatic rings. The minimum atomic E-state index is -0.229. The van der Waals surface area contributed by atoms with Crippen LogP contribution in [0.15, 0.2) is 29.6 Å². The Hall–Kier alpha value is -2.39. The minimum absolute atomic E-state index is 0.229. The van der Waals surface area contributed by atoms with Crippen LogP contribution in [0.5, 0.6) is 0 Å². The Balaban J connectivity index is 2.23. The van der Waals surface area contributed by atoms with E-state index in [1.165, 1.54) is 16.2 Å². The number of thiazole rings is 1. The maximum atomic E-state index is 12.1. The number of nitriles is 1. The van der Waals surface area contributed by atoms with Crippen molar-refractivity contribution in [3.05, 3.63) is 40.9 Å². The van der Waals surface area contributed by atoms with E-state index in [9.17, 15) is 4.79 Å². The summed E-state index contributed by atoms with van der Waals surface area (Å²) >= 11 is 1.23. The first kappa shape index (κ1) is 12.1. The fraction of sp³-hybridized carbons (Fsp3) is 0.0833. The summed E-state index contributed by atoms with van der Waals surface area (Å²) in [6.07, 6.45) is 0. The van der Waals surface area contributed by atoms with Gasteiger partial charge in [-0.2, -0.15) is 5.26 Å². The van der Waals surface area contributed by atoms with E-state index < -0.39 is 0 Å². The number of carbonyl (C=O) groups is 1. The predicted octanol–water partition coefficient (Wildman–Crippen LogP) is 1.87. The number of benzene rings is 1. The molecule has 0 bridgehead atoms. The maximum Gasteiger partial charge on any atom is 0.277 e. The zero-order valence-corrected chi connectivity index (χ0v) is 10.4. The molecule has 90 valence electrons. The van der Waals surface area contributed by atoms with Gasteiger partial charge in [0.05, 0.1) is 11.6 Å². The summed E-state index contributed by atoms with van der Waals surface area (Å²) in [6, 6.07) is 8.78. The van der Waals surface area contributed by atoms with Gasteiger partial charge in [-0.05, 0) is 24.3 Å². The fourth-order valence-electron chi connectivity index (χ4n) is 1.43. The number of aromatic nitrogens is 1. The van der Waals surface area contributed by atoms with Crippen LogP contribution in [0.25, 0.3) is 0 Å². The Kier molecular flexibility index (Phi) is 3.26. The molecule has 0 fully saturated rings. The van der Waals surface area contributed by atoms with Gasteiger partial charge >= 0.3 is 0 Å². The van der Waals surface area contributed by atoms with E-state index in [-0.39, 0.29) is 5.91 Å². The Morgan fingerprint density at radius 2 is 2.11 bits per heavy atom. The number of carbonyl (C=O) groups excluding carboxylic acids is 1. The maximum absolute atomic E-state index is 12.1. The van der Waals surface area contributed by atoms with Crippen molar-refractivity contribution in [2.24, 2.45) is 0 Å². The van der Waals surface area contributed by atoms with Gasteiger partial charge in [0.25, 0.3) is 5.91 Å². The number of nitrogens with zero attached hydrogens (tertiary/aromatic N) is 3. The summed E-state index contributed by atoms with van der Waals surface area (Å²) in [7, 11) is 1.65. The topological polar surface area (TPSA) is 83.0 Å². The van der Waals surface area contributed by atoms with Crippen LogP contribution in [-0.2, 0) is 0 Å². The molecule has 5 nitrogen and oxygen atoms in total. The number of rotatable bonds is 2. The molecule has 0 aliphatic rings. The summed E-state index contributed by atoms with van der Waals surface area (Å²) in [5.41, 5.74) is 7.07. The number of hydrogen-bond acceptors (Lipinski definition) is 5. The molecule has 0 saturated carbocycles. The third-order valence-electron chi connectivity index (χ3n) is 2.43. The summed E-state index contributed by atoms with van der Waals surface area (Å²) in [5.74, 6) is -0.229. The quantitative estimate of drug-likeness (QED) is 0.891. The van der Waals surface area contributed by atoms with E-state index in [0.29, 0.717) is 22.1 Å². The lowest BCUT2D eigenvalue weighted by Gasteiger charge is -2.15. The Morgan fingerprint density at radius 3 is 2.61 bits per heavy atom. The van der Waals surface area contributed by atoms with E-state index in [4.69, 9.17) is 11.0 Å². The first-order chi connectivity index (χ1) is 8.61. The van der Waals surface area contributed by atoms with Crippen molar-refractivity contribution in [3.8, 4) is 6.07 Å². The molecule has 0 spiro atoms. The average Bonchev–Trinajstić information content (AvgIpc) is 2.84. The van der Waals surface area contributed by atoms with Crippen molar-refractivity contribution in [3.63, 3.8) is 0 Å². The van der Waals surface area contributed by atoms with E-state index in [1.54, 1.807) is 36.7 Å². The third kappa shape index (κ3) is 2.31. The molecule has 6 heteroatoms. The van der Waals surface area contributed by atoms with Crippen molar-refractivity contribution < 1.29 is 4.79 Å². The zero-order chi connectivity index (χ0) is 13.1. The van der Waals surface area contributed by atoms with Gasteiger partial charge in [0, 0.05) is 18.1 Å². The largest absolute Gasteiger partial charge is 0.375 e. The van der Waals surface area contributed by atoms with Crippen LogP contribution >= 0.6 is 11.3 Å². The lowest BCUT2D eigenvalue weighted by Crippen LogP contribution is -2.26. The summed E-state index contributed by atoms with van der Waals surface area (Å²) < 4.78 is 0. The fourth-order valence-corrected chi connectivity index (χ4v) is 1.97. The van der Waals surface area contributed by atoms with Gasteiger partial charge < -0.3 is 10.6 Å². The van der Waals surface area contributed by atoms with Crippen LogP contribution in [0.4, 0.5) is 10.8 Å². The molecule has 0 aliphatic heterocycles. The smallest absolute Gasteiger partial charge is 0.277 e. The molecule has 1 amide bonds. The van der Waals surface area contributed by atoms with Crippen LogP contribution in [0.1, 0.15) is 16.1 Å². The van der Waals surface area contributed by atoms with E-state index >= 15 is 0 Å². The van der Waals surface area contributed by atoms with Crippen LogP contribution in [0.3, 0.4) is 0 Å². The molecule has 1 heterocycles. The molecular formula is C12H10N4OS. The van der Waals surface area contributed by atoms with Gasteiger partial charge in [-0.25, -0.2) is 4.98 Å². The normalized spacial score (nSPS) is 9.78. The standard InChI is InChI=1S/C12H10N4OS/c1-16(9-4-2-8(6-13)3-5-9)11(17)10-7-18-12(14)15-10/h2-5,7H,1H3,(H2,14,15). The second kappa shape index (κ2) is 4.85. The number of nitrogen functional groups attached to an aromatic ring is 1. The number of anilines is 2. The van der Waals surface area contributed by atoms with E-state index in [1.807, 2.05) is 6.07 Å². The molecule has 2 N–H and O–H groups in total. The number of nitrogens with two attached hydrogens (primary N) is 1. The minimum Gasteiger partial charge on any atom is -0.375 e. The van der Waals surface area contributed by atoms with Crippen molar-refractivity contribution in [2.45, 2.75) is 0 Å². The lowest BCUT2D eigenvalue weighted by molar-refractivity contribution is 0.0989. The van der Waals surface area contributed by atoms with Crippen molar-refractivity contribution in [1.82, 2.24) is 4.98 Å². The monoisotopic (exact) mass is 258 g/mol. The second-order valence-electron chi connectivity index (χ2n) is 3.59. The summed E-state index contributed by atoms with van der Waals surface area (Å²) in [4.78, 5) is 17.5. The highest BCUT2D eigenvalue weighted by Gasteiger charge is 2.16. The molecular weight excluding hydrogens is 248 g/mol. The molecule has 2 rings (SSSR count). The lowest BCUT2D eigenvalue weighted by atomic mass is 10.2. The number of amides is 1. The molecule has 0 radical (unpaired) electrons. The highest BCUT2D eigenvalue weighted by Crippen LogP contribution is 2.18. The molecule has 1 aromatic heterocycles. The van der Waals surface area contributed by atoms with Crippen molar-refractivity contribution in [2.75, 3.05) is 17.7 Å². The van der Waals surface area contributed by atoms with Gasteiger partial charge in [-0.1, -0.05) is 0 Å². The van der Waals surface area contributed by atoms with Crippen LogP contribution in [0.2, 0.25) is 0 Å². The Labute approximate surface area is 108 Å².